The van der Waals surface area contributed by atoms with Crippen LogP contribution in [0.3, 0.4) is 0 Å². The molecule has 0 atom stereocenters. The Morgan fingerprint density at radius 3 is 2.52 bits per heavy atom. The summed E-state index contributed by atoms with van der Waals surface area (Å²) in [6, 6.07) is 11.0. The van der Waals surface area contributed by atoms with Crippen LogP contribution in [0.4, 0.5) is 11.4 Å². The maximum absolute atomic E-state index is 13.0. The second-order valence-electron chi connectivity index (χ2n) is 6.32. The molecule has 1 aromatic heterocycles. The summed E-state index contributed by atoms with van der Waals surface area (Å²) in [5.74, 6) is -0.347. The molecule has 0 aliphatic rings. The molecule has 2 aromatic carbocycles. The monoisotopic (exact) mass is 445 g/mol. The zero-order valence-electron chi connectivity index (χ0n) is 16.8. The number of amides is 1. The number of nitrogens with zero attached hydrogens (tertiary/aromatic N) is 2. The lowest BCUT2D eigenvalue weighted by Crippen LogP contribution is -2.16. The van der Waals surface area contributed by atoms with E-state index in [1.165, 1.54) is 20.3 Å². The van der Waals surface area contributed by atoms with Crippen molar-refractivity contribution in [2.75, 3.05) is 32.8 Å². The highest BCUT2D eigenvalue weighted by molar-refractivity contribution is 6.31. The summed E-state index contributed by atoms with van der Waals surface area (Å²) in [7, 11) is 2.89. The summed E-state index contributed by atoms with van der Waals surface area (Å²) in [6.45, 7) is 0.457. The van der Waals surface area contributed by atoms with Gasteiger partial charge in [0, 0.05) is 30.6 Å². The number of nitrogens with one attached hydrogen (secondary N) is 1. The fourth-order valence-corrected chi connectivity index (χ4v) is 3.06. The number of aromatic nitrogens is 1. The second-order valence-corrected chi connectivity index (χ2v) is 6.76. The van der Waals surface area contributed by atoms with Gasteiger partial charge in [0.15, 0.2) is 11.5 Å². The number of methoxy groups -OCH3 is 2. The molecule has 0 spiro atoms. The molecule has 0 saturated carbocycles. The molecule has 3 aromatic rings. The van der Waals surface area contributed by atoms with Gasteiger partial charge in [-0.2, -0.15) is 0 Å². The first-order valence-corrected chi connectivity index (χ1v) is 9.54. The van der Waals surface area contributed by atoms with E-state index < -0.39 is 16.5 Å². The SMILES string of the molecule is COCCOc1cc([N+](=O)[O-])c(C(=O)Nc2ccc(Cl)cc2-n2cccc2)cc1OC. The van der Waals surface area contributed by atoms with Gasteiger partial charge in [-0.3, -0.25) is 14.9 Å². The predicted octanol–water partition coefficient (Wildman–Crippen LogP) is 4.33. The molecule has 10 heteroatoms. The van der Waals surface area contributed by atoms with Crippen LogP contribution in [-0.4, -0.2) is 42.8 Å². The zero-order valence-corrected chi connectivity index (χ0v) is 17.6. The fraction of sp³-hybridized carbons (Fsp3) is 0.190. The number of hydrogen-bond donors (Lipinski definition) is 1. The Balaban J connectivity index is 1.97. The van der Waals surface area contributed by atoms with Crippen LogP contribution in [0.15, 0.2) is 54.9 Å². The van der Waals surface area contributed by atoms with Crippen LogP contribution in [-0.2, 0) is 4.74 Å². The molecule has 0 bridgehead atoms. The van der Waals surface area contributed by atoms with E-state index in [1.54, 1.807) is 35.2 Å². The van der Waals surface area contributed by atoms with Crippen LogP contribution in [0.2, 0.25) is 5.02 Å². The lowest BCUT2D eigenvalue weighted by atomic mass is 10.1. The molecule has 0 aliphatic carbocycles. The average molecular weight is 446 g/mol. The molecule has 0 radical (unpaired) electrons. The molecule has 31 heavy (non-hydrogen) atoms. The average Bonchev–Trinajstić information content (AvgIpc) is 3.29. The first kappa shape index (κ1) is 22.1. The second kappa shape index (κ2) is 9.96. The van der Waals surface area contributed by atoms with E-state index in [9.17, 15) is 14.9 Å². The molecule has 162 valence electrons. The summed E-state index contributed by atoms with van der Waals surface area (Å²) in [5.41, 5.74) is 0.454. The molecule has 0 aliphatic heterocycles. The number of nitro benzene ring substituents is 1. The third-order valence-corrected chi connectivity index (χ3v) is 4.59. The summed E-state index contributed by atoms with van der Waals surface area (Å²) >= 11 is 6.11. The van der Waals surface area contributed by atoms with Crippen LogP contribution in [0.1, 0.15) is 10.4 Å². The molecule has 0 unspecified atom stereocenters. The van der Waals surface area contributed by atoms with Gasteiger partial charge in [-0.1, -0.05) is 11.6 Å². The number of hydrogen-bond acceptors (Lipinski definition) is 6. The van der Waals surface area contributed by atoms with Crippen molar-refractivity contribution in [2.45, 2.75) is 0 Å². The largest absolute Gasteiger partial charge is 0.493 e. The quantitative estimate of drug-likeness (QED) is 0.298. The van der Waals surface area contributed by atoms with Gasteiger partial charge in [-0.05, 0) is 30.3 Å². The molecule has 1 amide bonds. The minimum absolute atomic E-state index is 0.141. The number of nitro groups is 1. The van der Waals surface area contributed by atoms with Gasteiger partial charge in [0.2, 0.25) is 0 Å². The maximum Gasteiger partial charge on any atom is 0.286 e. The summed E-state index contributed by atoms with van der Waals surface area (Å²) in [5, 5.41) is 14.8. The molecular weight excluding hydrogens is 426 g/mol. The number of benzene rings is 2. The van der Waals surface area contributed by atoms with Gasteiger partial charge in [-0.15, -0.1) is 0 Å². The van der Waals surface area contributed by atoms with E-state index in [2.05, 4.69) is 5.32 Å². The molecule has 0 fully saturated rings. The maximum atomic E-state index is 13.0. The lowest BCUT2D eigenvalue weighted by molar-refractivity contribution is -0.385. The third kappa shape index (κ3) is 5.14. The minimum atomic E-state index is -0.677. The number of rotatable bonds is 9. The smallest absolute Gasteiger partial charge is 0.286 e. The minimum Gasteiger partial charge on any atom is -0.493 e. The molecular formula is C21H20ClN3O6. The van der Waals surface area contributed by atoms with Crippen molar-refractivity contribution >= 4 is 28.9 Å². The Hall–Kier alpha value is -3.56. The summed E-state index contributed by atoms with van der Waals surface area (Å²) in [4.78, 5) is 24.0. The Morgan fingerprint density at radius 1 is 1.13 bits per heavy atom. The standard InChI is InChI=1S/C21H20ClN3O6/c1-29-9-10-31-20-13-17(25(27)28)15(12-19(20)30-2)21(26)23-16-6-5-14(22)11-18(16)24-7-3-4-8-24/h3-8,11-13H,9-10H2,1-2H3,(H,23,26). The van der Waals surface area contributed by atoms with Crippen molar-refractivity contribution in [3.63, 3.8) is 0 Å². The van der Waals surface area contributed by atoms with Crippen molar-refractivity contribution in [1.82, 2.24) is 4.57 Å². The van der Waals surface area contributed by atoms with Crippen LogP contribution in [0.25, 0.3) is 5.69 Å². The number of ether oxygens (including phenoxy) is 3. The van der Waals surface area contributed by atoms with E-state index in [1.807, 2.05) is 12.1 Å². The number of anilines is 1. The first-order valence-electron chi connectivity index (χ1n) is 9.17. The summed E-state index contributed by atoms with van der Waals surface area (Å²) < 4.78 is 17.4. The van der Waals surface area contributed by atoms with Gasteiger partial charge in [-0.25, -0.2) is 0 Å². The topological polar surface area (TPSA) is 105 Å². The first-order chi connectivity index (χ1) is 14.9. The number of carbonyl (C=O) groups is 1. The van der Waals surface area contributed by atoms with Crippen molar-refractivity contribution in [3.8, 4) is 17.2 Å². The van der Waals surface area contributed by atoms with Crippen LogP contribution < -0.4 is 14.8 Å². The van der Waals surface area contributed by atoms with Gasteiger partial charge >= 0.3 is 0 Å². The molecule has 1 heterocycles. The van der Waals surface area contributed by atoms with Gasteiger partial charge in [0.25, 0.3) is 11.6 Å². The van der Waals surface area contributed by atoms with Crippen LogP contribution in [0, 0.1) is 10.1 Å². The van der Waals surface area contributed by atoms with E-state index in [0.29, 0.717) is 16.4 Å². The number of halogens is 1. The van der Waals surface area contributed by atoms with Crippen molar-refractivity contribution in [3.05, 3.63) is 75.6 Å². The number of carbonyl (C=O) groups excluding carboxylic acids is 1. The van der Waals surface area contributed by atoms with E-state index in [4.69, 9.17) is 25.8 Å². The van der Waals surface area contributed by atoms with Crippen LogP contribution in [0.5, 0.6) is 11.5 Å². The Bertz CT molecular complexity index is 1080. The normalized spacial score (nSPS) is 10.5. The Kier molecular flexibility index (Phi) is 7.11. The van der Waals surface area contributed by atoms with E-state index in [-0.39, 0.29) is 30.3 Å². The van der Waals surface area contributed by atoms with Crippen molar-refractivity contribution in [1.29, 1.82) is 0 Å². The van der Waals surface area contributed by atoms with Crippen LogP contribution >= 0.6 is 11.6 Å². The van der Waals surface area contributed by atoms with Crippen molar-refractivity contribution in [2.24, 2.45) is 0 Å². The Morgan fingerprint density at radius 2 is 1.87 bits per heavy atom. The highest BCUT2D eigenvalue weighted by Crippen LogP contribution is 2.35. The van der Waals surface area contributed by atoms with Gasteiger partial charge < -0.3 is 24.1 Å². The van der Waals surface area contributed by atoms with Gasteiger partial charge in [0.1, 0.15) is 12.2 Å². The van der Waals surface area contributed by atoms with E-state index in [0.717, 1.165) is 6.07 Å². The van der Waals surface area contributed by atoms with E-state index >= 15 is 0 Å². The molecule has 0 saturated heterocycles. The fourth-order valence-electron chi connectivity index (χ4n) is 2.90. The highest BCUT2D eigenvalue weighted by Gasteiger charge is 2.25. The summed E-state index contributed by atoms with van der Waals surface area (Å²) in [6.07, 6.45) is 3.58. The van der Waals surface area contributed by atoms with Gasteiger partial charge in [0.05, 0.1) is 36.1 Å². The highest BCUT2D eigenvalue weighted by atomic mass is 35.5. The van der Waals surface area contributed by atoms with Crippen molar-refractivity contribution < 1.29 is 23.9 Å². The Labute approximate surface area is 183 Å². The lowest BCUT2D eigenvalue weighted by Gasteiger charge is -2.15. The molecule has 9 nitrogen and oxygen atoms in total. The molecule has 1 N–H and O–H groups in total. The third-order valence-electron chi connectivity index (χ3n) is 4.36. The predicted molar refractivity (Wildman–Crippen MR) is 116 cm³/mol. The molecule has 3 rings (SSSR count). The zero-order chi connectivity index (χ0) is 22.4.